The van der Waals surface area contributed by atoms with Crippen LogP contribution in [0.2, 0.25) is 5.02 Å². The van der Waals surface area contributed by atoms with Crippen molar-refractivity contribution in [3.05, 3.63) is 69.4 Å². The molecule has 2 heterocycles. The Hall–Kier alpha value is -3.02. The summed E-state index contributed by atoms with van der Waals surface area (Å²) in [7, 11) is -8.17. The Morgan fingerprint density at radius 2 is 1.78 bits per heavy atom. The second kappa shape index (κ2) is 9.07. The number of aromatic nitrogens is 2. The molecule has 37 heavy (non-hydrogen) atoms. The number of carbonyl (C=O) groups excluding carboxylic acids is 2. The minimum atomic E-state index is -4.32. The van der Waals surface area contributed by atoms with Crippen molar-refractivity contribution in [2.24, 2.45) is 5.41 Å². The van der Waals surface area contributed by atoms with Gasteiger partial charge in [0.25, 0.3) is 0 Å². The van der Waals surface area contributed by atoms with E-state index in [-0.39, 0.29) is 55.2 Å². The molecule has 0 atom stereocenters. The molecule has 0 unspecified atom stereocenters. The van der Waals surface area contributed by atoms with E-state index < -0.39 is 36.9 Å². The fraction of sp³-hybridized carbons (Fsp3) is 0.320. The Morgan fingerprint density at radius 3 is 2.38 bits per heavy atom. The van der Waals surface area contributed by atoms with Crippen LogP contribution in [0.1, 0.15) is 58.2 Å². The fourth-order valence-electron chi connectivity index (χ4n) is 4.34. The third-order valence-electron chi connectivity index (χ3n) is 6.18. The van der Waals surface area contributed by atoms with E-state index in [0.29, 0.717) is 0 Å². The number of hydrogen-bond donors (Lipinski definition) is 0. The topological polar surface area (TPSA) is 129 Å². The van der Waals surface area contributed by atoms with Crippen molar-refractivity contribution in [1.82, 2.24) is 9.78 Å². The number of ketones is 2. The lowest BCUT2D eigenvalue weighted by Crippen LogP contribution is -2.39. The van der Waals surface area contributed by atoms with Crippen LogP contribution in [0, 0.1) is 19.3 Å². The van der Waals surface area contributed by atoms with Gasteiger partial charge in [0, 0.05) is 17.5 Å². The van der Waals surface area contributed by atoms with Crippen LogP contribution in [-0.2, 0) is 26.5 Å². The van der Waals surface area contributed by atoms with E-state index in [4.69, 9.17) is 15.8 Å². The molecule has 0 saturated carbocycles. The van der Waals surface area contributed by atoms with E-state index >= 15 is 0 Å². The average Bonchev–Trinajstić information content (AvgIpc) is 3.19. The standard InChI is InChI=1S/C25H25ClN2O7S2/c1-6-28-24(35-37(33,34)16-9-7-14(2)8-10-16)18(12-27-28)21(29)17-11-15(3)22-19(20(17)26)23(30)25(4,5)13-36(22,31)32/h7-12H,6,13H2,1-5H3. The third-order valence-corrected chi connectivity index (χ3v) is 10.1. The molecule has 2 aromatic carbocycles. The highest BCUT2D eigenvalue weighted by Crippen LogP contribution is 2.42. The summed E-state index contributed by atoms with van der Waals surface area (Å²) in [6, 6.07) is 7.28. The highest BCUT2D eigenvalue weighted by molar-refractivity contribution is 7.91. The molecular weight excluding hydrogens is 540 g/mol. The quantitative estimate of drug-likeness (QED) is 0.322. The average molecular weight is 565 g/mol. The number of nitrogens with zero attached hydrogens (tertiary/aromatic N) is 2. The molecule has 1 aromatic heterocycles. The van der Waals surface area contributed by atoms with E-state index in [1.54, 1.807) is 19.1 Å². The monoisotopic (exact) mass is 564 g/mol. The summed E-state index contributed by atoms with van der Waals surface area (Å²) in [5, 5.41) is 3.76. The van der Waals surface area contributed by atoms with Gasteiger partial charge in [0.05, 0.1) is 27.4 Å². The maximum absolute atomic E-state index is 13.7. The van der Waals surface area contributed by atoms with Crippen molar-refractivity contribution < 1.29 is 30.6 Å². The van der Waals surface area contributed by atoms with E-state index in [2.05, 4.69) is 5.10 Å². The summed E-state index contributed by atoms with van der Waals surface area (Å²) in [4.78, 5) is 26.6. The Bertz CT molecular complexity index is 1670. The van der Waals surface area contributed by atoms with Crippen LogP contribution in [0.15, 0.2) is 46.3 Å². The van der Waals surface area contributed by atoms with Crippen LogP contribution in [0.5, 0.6) is 5.88 Å². The predicted octanol–water partition coefficient (Wildman–Crippen LogP) is 4.17. The predicted molar refractivity (Wildman–Crippen MR) is 137 cm³/mol. The number of sulfone groups is 1. The molecule has 1 aliphatic heterocycles. The molecule has 0 radical (unpaired) electrons. The van der Waals surface area contributed by atoms with Gasteiger partial charge in [0.2, 0.25) is 11.7 Å². The summed E-state index contributed by atoms with van der Waals surface area (Å²) in [6.45, 7) is 8.17. The van der Waals surface area contributed by atoms with Gasteiger partial charge in [-0.2, -0.15) is 13.5 Å². The van der Waals surface area contributed by atoms with Gasteiger partial charge in [0.1, 0.15) is 10.5 Å². The van der Waals surface area contributed by atoms with Crippen molar-refractivity contribution in [3.63, 3.8) is 0 Å². The van der Waals surface area contributed by atoms with Gasteiger partial charge in [-0.15, -0.1) is 0 Å². The van der Waals surface area contributed by atoms with Gasteiger partial charge in [-0.3, -0.25) is 9.59 Å². The molecule has 0 bridgehead atoms. The second-order valence-electron chi connectivity index (χ2n) is 9.59. The van der Waals surface area contributed by atoms with Gasteiger partial charge in [-0.1, -0.05) is 43.1 Å². The van der Waals surface area contributed by atoms with Crippen LogP contribution in [-0.4, -0.2) is 43.9 Å². The molecule has 196 valence electrons. The minimum absolute atomic E-state index is 0.110. The van der Waals surface area contributed by atoms with Gasteiger partial charge in [-0.05, 0) is 44.5 Å². The fourth-order valence-corrected chi connectivity index (χ4v) is 7.95. The molecule has 0 saturated heterocycles. The lowest BCUT2D eigenvalue weighted by Gasteiger charge is -2.31. The first-order valence-electron chi connectivity index (χ1n) is 11.3. The minimum Gasteiger partial charge on any atom is -0.358 e. The molecule has 4 rings (SSSR count). The van der Waals surface area contributed by atoms with E-state index in [0.717, 1.165) is 11.8 Å². The number of hydrogen-bond acceptors (Lipinski definition) is 8. The van der Waals surface area contributed by atoms with Gasteiger partial charge >= 0.3 is 10.1 Å². The number of rotatable bonds is 6. The third kappa shape index (κ3) is 4.60. The summed E-state index contributed by atoms with van der Waals surface area (Å²) in [6.07, 6.45) is 1.15. The zero-order valence-corrected chi connectivity index (χ0v) is 23.2. The number of aryl methyl sites for hydroxylation is 3. The van der Waals surface area contributed by atoms with Crippen molar-refractivity contribution >= 4 is 43.1 Å². The summed E-state index contributed by atoms with van der Waals surface area (Å²) in [5.41, 5.74) is -0.808. The van der Waals surface area contributed by atoms with E-state index in [1.807, 2.05) is 6.92 Å². The first-order chi connectivity index (χ1) is 17.1. The summed E-state index contributed by atoms with van der Waals surface area (Å²) < 4.78 is 58.5. The van der Waals surface area contributed by atoms with Gasteiger partial charge in [0.15, 0.2) is 15.6 Å². The number of halogens is 1. The molecule has 0 spiro atoms. The van der Waals surface area contributed by atoms with Crippen molar-refractivity contribution in [2.45, 2.75) is 51.0 Å². The van der Waals surface area contributed by atoms with Crippen LogP contribution >= 0.6 is 11.6 Å². The van der Waals surface area contributed by atoms with E-state index in [9.17, 15) is 26.4 Å². The Balaban J connectivity index is 1.86. The second-order valence-corrected chi connectivity index (χ2v) is 13.4. The Labute approximate surface area is 220 Å². The first-order valence-corrected chi connectivity index (χ1v) is 14.8. The molecular formula is C25H25ClN2O7S2. The zero-order valence-electron chi connectivity index (χ0n) is 20.8. The maximum atomic E-state index is 13.7. The highest BCUT2D eigenvalue weighted by atomic mass is 35.5. The highest BCUT2D eigenvalue weighted by Gasteiger charge is 2.45. The lowest BCUT2D eigenvalue weighted by atomic mass is 9.84. The SMILES string of the molecule is CCn1ncc(C(=O)c2cc(C)c3c(c2Cl)C(=O)C(C)(C)CS3(=O)=O)c1OS(=O)(=O)c1ccc(C)cc1. The van der Waals surface area contributed by atoms with Crippen molar-refractivity contribution in [1.29, 1.82) is 0 Å². The van der Waals surface area contributed by atoms with Crippen LogP contribution in [0.3, 0.4) is 0 Å². The molecule has 1 aliphatic rings. The molecule has 0 fully saturated rings. The van der Waals surface area contributed by atoms with Crippen LogP contribution in [0.4, 0.5) is 0 Å². The molecule has 0 N–H and O–H groups in total. The Kier molecular flexibility index (Phi) is 6.63. The van der Waals surface area contributed by atoms with Crippen molar-refractivity contribution in [3.8, 4) is 5.88 Å². The molecule has 9 nitrogen and oxygen atoms in total. The number of Topliss-reactive ketones (excluding diaryl/α,β-unsaturated/α-hetero) is 1. The summed E-state index contributed by atoms with van der Waals surface area (Å²) >= 11 is 6.54. The molecule has 0 aliphatic carbocycles. The first kappa shape index (κ1) is 27.0. The van der Waals surface area contributed by atoms with Crippen LogP contribution < -0.4 is 4.18 Å². The maximum Gasteiger partial charge on any atom is 0.340 e. The molecule has 0 amide bonds. The van der Waals surface area contributed by atoms with Crippen molar-refractivity contribution in [2.75, 3.05) is 5.75 Å². The smallest absolute Gasteiger partial charge is 0.340 e. The Morgan fingerprint density at radius 1 is 1.16 bits per heavy atom. The number of carbonyl (C=O) groups is 2. The van der Waals surface area contributed by atoms with Crippen LogP contribution in [0.25, 0.3) is 0 Å². The van der Waals surface area contributed by atoms with Gasteiger partial charge in [-0.25, -0.2) is 13.1 Å². The normalized spacial score (nSPS) is 16.3. The number of fused-ring (bicyclic) bond motifs is 1. The summed E-state index contributed by atoms with van der Waals surface area (Å²) in [5.74, 6) is -1.96. The zero-order chi connectivity index (χ0) is 27.5. The molecule has 3 aromatic rings. The van der Waals surface area contributed by atoms with Gasteiger partial charge < -0.3 is 4.18 Å². The number of benzene rings is 2. The van der Waals surface area contributed by atoms with E-state index in [1.165, 1.54) is 43.7 Å². The molecule has 12 heteroatoms. The largest absolute Gasteiger partial charge is 0.358 e. The lowest BCUT2D eigenvalue weighted by molar-refractivity contribution is 0.0852.